The van der Waals surface area contributed by atoms with Crippen LogP contribution in [0.5, 0.6) is 0 Å². The van der Waals surface area contributed by atoms with Crippen LogP contribution in [0.2, 0.25) is 0 Å². The van der Waals surface area contributed by atoms with E-state index in [0.29, 0.717) is 7.18 Å². The van der Waals surface area contributed by atoms with Crippen molar-refractivity contribution >= 4 is 0 Å². The van der Waals surface area contributed by atoms with E-state index < -0.39 is 0 Å². The maximum atomic E-state index is 9.50. The second-order valence-electron chi connectivity index (χ2n) is 4.80. The van der Waals surface area contributed by atoms with Crippen LogP contribution in [0.3, 0.4) is 0 Å². The molecule has 0 aromatic carbocycles. The molecule has 0 atom stereocenters. The van der Waals surface area contributed by atoms with E-state index in [9.17, 15) is 4.39 Å². The summed E-state index contributed by atoms with van der Waals surface area (Å²) < 4.78 is 9.50. The van der Waals surface area contributed by atoms with Gasteiger partial charge >= 0.3 is 0 Å². The summed E-state index contributed by atoms with van der Waals surface area (Å²) in [7, 11) is 0.500. The molecule has 2 saturated carbocycles. The minimum Gasteiger partial charge on any atom is -0.412 e. The molecule has 0 aromatic rings. The van der Waals surface area contributed by atoms with Gasteiger partial charge in [-0.2, -0.15) is 0 Å². The number of hydrogen-bond acceptors (Lipinski definition) is 0. The summed E-state index contributed by atoms with van der Waals surface area (Å²) in [5.74, 6) is 2.28. The van der Waals surface area contributed by atoms with Crippen molar-refractivity contribution in [3.63, 3.8) is 0 Å². The van der Waals surface area contributed by atoms with Gasteiger partial charge in [-0.15, -0.1) is 0 Å². The third-order valence-electron chi connectivity index (χ3n) is 3.97. The quantitative estimate of drug-likeness (QED) is 0.630. The lowest BCUT2D eigenvalue weighted by Gasteiger charge is -2.32. The molecule has 1 nitrogen and oxygen atoms in total. The van der Waals surface area contributed by atoms with Gasteiger partial charge in [0.1, 0.15) is 0 Å². The number of alkyl halides is 1. The van der Waals surface area contributed by atoms with Gasteiger partial charge in [-0.25, -0.2) is 0 Å². The first-order valence-electron chi connectivity index (χ1n) is 7.34. The summed E-state index contributed by atoms with van der Waals surface area (Å²) in [5.41, 5.74) is 0. The molecule has 0 amide bonds. The van der Waals surface area contributed by atoms with E-state index in [2.05, 4.69) is 0 Å². The van der Waals surface area contributed by atoms with Gasteiger partial charge in [0.25, 0.3) is 0 Å². The zero-order valence-corrected chi connectivity index (χ0v) is 12.1. The van der Waals surface area contributed by atoms with Gasteiger partial charge in [0, 0.05) is 0 Å². The molecule has 2 aliphatic carbocycles. The molecule has 0 aliphatic heterocycles. The second kappa shape index (κ2) is 14.0. The van der Waals surface area contributed by atoms with E-state index in [4.69, 9.17) is 0 Å². The van der Waals surface area contributed by atoms with Crippen LogP contribution in [-0.2, 0) is 0 Å². The predicted molar refractivity (Wildman–Crippen MR) is 75.1 cm³/mol. The van der Waals surface area contributed by atoms with Crippen molar-refractivity contribution in [1.82, 2.24) is 0 Å². The summed E-state index contributed by atoms with van der Waals surface area (Å²) in [5, 5.41) is 0. The van der Waals surface area contributed by atoms with Crippen LogP contribution in [0.25, 0.3) is 0 Å². The van der Waals surface area contributed by atoms with Gasteiger partial charge in [0.2, 0.25) is 0 Å². The summed E-state index contributed by atoms with van der Waals surface area (Å²) in [6, 6.07) is 0. The average Bonchev–Trinajstić information content (AvgIpc) is 2.45. The minimum atomic E-state index is 0. The van der Waals surface area contributed by atoms with Crippen molar-refractivity contribution in [1.29, 1.82) is 0 Å². The first-order chi connectivity index (χ1) is 7.97. The highest BCUT2D eigenvalue weighted by atomic mass is 19.1. The van der Waals surface area contributed by atoms with E-state index in [1.807, 2.05) is 13.8 Å². The van der Waals surface area contributed by atoms with E-state index in [-0.39, 0.29) is 5.48 Å². The molecule has 17 heavy (non-hydrogen) atoms. The Kier molecular flexibility index (Phi) is 15.8. The predicted octanol–water partition coefficient (Wildman–Crippen LogP) is 4.93. The highest BCUT2D eigenvalue weighted by molar-refractivity contribution is 4.76. The Labute approximate surface area is 107 Å². The summed E-state index contributed by atoms with van der Waals surface area (Å²) >= 11 is 0. The third kappa shape index (κ3) is 7.75. The standard InChI is InChI=1S/C12H22.C2H6.CH3F.H2O/c1-3-7-11(8-4-1)12-9-5-2-6-10-12;2*1-2;/h11-12H,1-10H2;1-2H3;1H3;1H2. The van der Waals surface area contributed by atoms with Crippen molar-refractivity contribution in [2.75, 3.05) is 7.18 Å². The molecule has 0 saturated heterocycles. The lowest BCUT2D eigenvalue weighted by atomic mass is 9.73. The molecule has 0 spiro atoms. The highest BCUT2D eigenvalue weighted by Gasteiger charge is 2.24. The molecule has 2 N–H and O–H groups in total. The third-order valence-corrected chi connectivity index (χ3v) is 3.97. The maximum Gasteiger partial charge on any atom is 0.0785 e. The Bertz CT molecular complexity index is 111. The average molecular weight is 248 g/mol. The molecular weight excluding hydrogens is 215 g/mol. The topological polar surface area (TPSA) is 31.5 Å². The van der Waals surface area contributed by atoms with E-state index in [1.165, 1.54) is 38.5 Å². The van der Waals surface area contributed by atoms with Crippen LogP contribution in [0.1, 0.15) is 78.1 Å². The Morgan fingerprint density at radius 3 is 1.06 bits per heavy atom. The molecule has 2 rings (SSSR count). The summed E-state index contributed by atoms with van der Waals surface area (Å²) in [6.07, 6.45) is 15.4. The molecule has 0 bridgehead atoms. The monoisotopic (exact) mass is 248 g/mol. The van der Waals surface area contributed by atoms with Crippen molar-refractivity contribution in [2.45, 2.75) is 78.1 Å². The van der Waals surface area contributed by atoms with Crippen LogP contribution in [0.15, 0.2) is 0 Å². The Hall–Kier alpha value is -0.110. The first-order valence-corrected chi connectivity index (χ1v) is 7.34. The Morgan fingerprint density at radius 1 is 0.588 bits per heavy atom. The van der Waals surface area contributed by atoms with Crippen molar-refractivity contribution in [3.8, 4) is 0 Å². The second-order valence-corrected chi connectivity index (χ2v) is 4.80. The Balaban J connectivity index is 0. The molecule has 0 aromatic heterocycles. The fraction of sp³-hybridized carbons (Fsp3) is 1.00. The van der Waals surface area contributed by atoms with E-state index in [1.54, 1.807) is 25.7 Å². The lowest BCUT2D eigenvalue weighted by Crippen LogP contribution is -2.20. The van der Waals surface area contributed by atoms with E-state index in [0.717, 1.165) is 11.8 Å². The van der Waals surface area contributed by atoms with Gasteiger partial charge in [0.15, 0.2) is 0 Å². The first kappa shape index (κ1) is 19.2. The lowest BCUT2D eigenvalue weighted by molar-refractivity contribution is 0.196. The van der Waals surface area contributed by atoms with Crippen molar-refractivity contribution < 1.29 is 9.87 Å². The number of rotatable bonds is 1. The Morgan fingerprint density at radius 2 is 0.824 bits per heavy atom. The van der Waals surface area contributed by atoms with Crippen LogP contribution in [-0.4, -0.2) is 12.7 Å². The van der Waals surface area contributed by atoms with Gasteiger partial charge in [-0.1, -0.05) is 78.1 Å². The highest BCUT2D eigenvalue weighted by Crippen LogP contribution is 2.37. The molecular formula is C15H33FO. The van der Waals surface area contributed by atoms with Gasteiger partial charge in [0.05, 0.1) is 7.18 Å². The molecule has 2 heteroatoms. The van der Waals surface area contributed by atoms with Crippen LogP contribution in [0, 0.1) is 11.8 Å². The molecule has 0 heterocycles. The smallest absolute Gasteiger partial charge is 0.0785 e. The largest absolute Gasteiger partial charge is 0.412 e. The van der Waals surface area contributed by atoms with Crippen LogP contribution >= 0.6 is 0 Å². The van der Waals surface area contributed by atoms with Crippen molar-refractivity contribution in [3.05, 3.63) is 0 Å². The fourth-order valence-electron chi connectivity index (χ4n) is 3.21. The fourth-order valence-corrected chi connectivity index (χ4v) is 3.21. The van der Waals surface area contributed by atoms with Gasteiger partial charge in [-0.3, -0.25) is 4.39 Å². The molecule has 0 radical (unpaired) electrons. The van der Waals surface area contributed by atoms with Crippen LogP contribution in [0.4, 0.5) is 4.39 Å². The van der Waals surface area contributed by atoms with E-state index >= 15 is 0 Å². The zero-order valence-electron chi connectivity index (χ0n) is 12.1. The SMILES string of the molecule is C1CCC(C2CCCCC2)CC1.CC.CF.O. The molecule has 0 unspecified atom stereocenters. The summed E-state index contributed by atoms with van der Waals surface area (Å²) in [4.78, 5) is 0. The minimum absolute atomic E-state index is 0. The van der Waals surface area contributed by atoms with Crippen LogP contribution < -0.4 is 0 Å². The number of hydrogen-bond donors (Lipinski definition) is 0. The van der Waals surface area contributed by atoms with Crippen molar-refractivity contribution in [2.24, 2.45) is 11.8 Å². The molecule has 2 aliphatic rings. The number of halogens is 1. The molecule has 106 valence electrons. The summed E-state index contributed by atoms with van der Waals surface area (Å²) in [6.45, 7) is 4.00. The van der Waals surface area contributed by atoms with Gasteiger partial charge < -0.3 is 5.48 Å². The normalized spacial score (nSPS) is 21.2. The maximum absolute atomic E-state index is 9.50. The molecule has 2 fully saturated rings. The van der Waals surface area contributed by atoms with Gasteiger partial charge in [-0.05, 0) is 11.8 Å². The zero-order chi connectivity index (χ0) is 12.2.